The highest BCUT2D eigenvalue weighted by Crippen LogP contribution is 2.24. The predicted molar refractivity (Wildman–Crippen MR) is 88.2 cm³/mol. The minimum atomic E-state index is 0.119. The fourth-order valence-electron chi connectivity index (χ4n) is 2.62. The summed E-state index contributed by atoms with van der Waals surface area (Å²) in [5, 5.41) is 2.81. The van der Waals surface area contributed by atoms with Gasteiger partial charge in [0.05, 0.1) is 0 Å². The molecule has 21 heavy (non-hydrogen) atoms. The molecule has 0 aliphatic carbocycles. The minimum Gasteiger partial charge on any atom is -0.294 e. The summed E-state index contributed by atoms with van der Waals surface area (Å²) in [5.41, 5.74) is 2.90. The fourth-order valence-corrected chi connectivity index (χ4v) is 2.83. The van der Waals surface area contributed by atoms with E-state index >= 15 is 0 Å². The van der Waals surface area contributed by atoms with E-state index in [1.54, 1.807) is 0 Å². The van der Waals surface area contributed by atoms with Gasteiger partial charge in [0, 0.05) is 17.0 Å². The first-order chi connectivity index (χ1) is 10.1. The summed E-state index contributed by atoms with van der Waals surface area (Å²) in [6.45, 7) is 2.06. The number of fused-ring (bicyclic) bond motifs is 1. The van der Waals surface area contributed by atoms with Crippen LogP contribution < -0.4 is 0 Å². The van der Waals surface area contributed by atoms with Crippen LogP contribution in [0.15, 0.2) is 60.7 Å². The lowest BCUT2D eigenvalue weighted by atomic mass is 9.95. The lowest BCUT2D eigenvalue weighted by molar-refractivity contribution is 0.0994. The largest absolute Gasteiger partial charge is 0.294 e. The minimum absolute atomic E-state index is 0.119. The van der Waals surface area contributed by atoms with E-state index in [4.69, 9.17) is 11.6 Å². The number of hydrogen-bond donors (Lipinski definition) is 0. The summed E-state index contributed by atoms with van der Waals surface area (Å²) in [4.78, 5) is 12.6. The maximum atomic E-state index is 12.6. The molecule has 0 fully saturated rings. The predicted octanol–water partition coefficient (Wildman–Crippen LogP) is 5.23. The molecule has 2 heteroatoms. The van der Waals surface area contributed by atoms with Crippen molar-refractivity contribution in [3.05, 3.63) is 82.4 Å². The van der Waals surface area contributed by atoms with Gasteiger partial charge in [-0.25, -0.2) is 0 Å². The van der Waals surface area contributed by atoms with Crippen LogP contribution in [-0.4, -0.2) is 5.78 Å². The summed E-state index contributed by atoms with van der Waals surface area (Å²) in [6, 6.07) is 19.4. The van der Waals surface area contributed by atoms with Crippen LogP contribution in [0, 0.1) is 6.92 Å². The second-order valence-corrected chi connectivity index (χ2v) is 5.64. The van der Waals surface area contributed by atoms with Gasteiger partial charge < -0.3 is 0 Å². The molecule has 0 spiro atoms. The molecular weight excluding hydrogens is 280 g/mol. The molecule has 0 unspecified atom stereocenters. The molecule has 0 N–H and O–H groups in total. The summed E-state index contributed by atoms with van der Waals surface area (Å²) in [5.74, 6) is 0.119. The lowest BCUT2D eigenvalue weighted by Crippen LogP contribution is -2.04. The van der Waals surface area contributed by atoms with Crippen molar-refractivity contribution in [2.24, 2.45) is 0 Å². The van der Waals surface area contributed by atoms with Gasteiger partial charge >= 0.3 is 0 Å². The Morgan fingerprint density at radius 1 is 0.952 bits per heavy atom. The lowest BCUT2D eigenvalue weighted by Gasteiger charge is -2.08. The average Bonchev–Trinajstić information content (AvgIpc) is 2.48. The van der Waals surface area contributed by atoms with Crippen molar-refractivity contribution >= 4 is 28.2 Å². The van der Waals surface area contributed by atoms with Gasteiger partial charge in [0.2, 0.25) is 0 Å². The van der Waals surface area contributed by atoms with E-state index in [2.05, 4.69) is 13.0 Å². The number of halogens is 1. The molecule has 0 aliphatic heterocycles. The Morgan fingerprint density at radius 3 is 2.48 bits per heavy atom. The Kier molecular flexibility index (Phi) is 3.76. The van der Waals surface area contributed by atoms with Crippen molar-refractivity contribution in [3.63, 3.8) is 0 Å². The van der Waals surface area contributed by atoms with Crippen molar-refractivity contribution in [2.45, 2.75) is 13.3 Å². The number of benzene rings is 3. The smallest absolute Gasteiger partial charge is 0.167 e. The van der Waals surface area contributed by atoms with Gasteiger partial charge in [0.25, 0.3) is 0 Å². The van der Waals surface area contributed by atoms with Gasteiger partial charge in [0.15, 0.2) is 5.78 Å². The third-order valence-corrected chi connectivity index (χ3v) is 3.93. The molecule has 0 atom stereocenters. The first kappa shape index (κ1) is 13.8. The normalized spacial score (nSPS) is 10.8. The van der Waals surface area contributed by atoms with Crippen LogP contribution in [0.5, 0.6) is 0 Å². The summed E-state index contributed by atoms with van der Waals surface area (Å²) >= 11 is 5.98. The zero-order valence-corrected chi connectivity index (χ0v) is 12.5. The van der Waals surface area contributed by atoms with E-state index in [1.807, 2.05) is 54.6 Å². The summed E-state index contributed by atoms with van der Waals surface area (Å²) < 4.78 is 0. The number of rotatable bonds is 3. The first-order valence-electron chi connectivity index (χ1n) is 6.91. The van der Waals surface area contributed by atoms with Crippen molar-refractivity contribution in [3.8, 4) is 0 Å². The van der Waals surface area contributed by atoms with E-state index in [0.717, 1.165) is 21.9 Å². The molecule has 0 heterocycles. The van der Waals surface area contributed by atoms with Gasteiger partial charge in [-0.2, -0.15) is 0 Å². The first-order valence-corrected chi connectivity index (χ1v) is 7.29. The number of aryl methyl sites for hydroxylation is 1. The zero-order chi connectivity index (χ0) is 14.8. The Morgan fingerprint density at radius 2 is 1.71 bits per heavy atom. The third kappa shape index (κ3) is 2.84. The second kappa shape index (κ2) is 5.71. The van der Waals surface area contributed by atoms with Crippen LogP contribution in [0.25, 0.3) is 10.8 Å². The molecule has 0 saturated heterocycles. The molecule has 0 bridgehead atoms. The molecule has 0 aromatic heterocycles. The van der Waals surface area contributed by atoms with Crippen LogP contribution in [0.3, 0.4) is 0 Å². The maximum absolute atomic E-state index is 12.6. The standard InChI is InChI=1S/C19H15ClO/c1-13-9-10-18(17-8-3-2-7-16(13)17)19(21)12-14-5-4-6-15(20)11-14/h2-11H,12H2,1H3. The van der Waals surface area contributed by atoms with Crippen LogP contribution in [0.2, 0.25) is 5.02 Å². The fraction of sp³-hybridized carbons (Fsp3) is 0.105. The SMILES string of the molecule is Cc1ccc(C(=O)Cc2cccc(Cl)c2)c2ccccc12. The van der Waals surface area contributed by atoms with E-state index in [1.165, 1.54) is 5.56 Å². The highest BCUT2D eigenvalue weighted by molar-refractivity contribution is 6.30. The molecule has 3 aromatic carbocycles. The summed E-state index contributed by atoms with van der Waals surface area (Å²) in [7, 11) is 0. The van der Waals surface area contributed by atoms with Crippen LogP contribution >= 0.6 is 11.6 Å². The van der Waals surface area contributed by atoms with E-state index in [0.29, 0.717) is 11.4 Å². The zero-order valence-electron chi connectivity index (χ0n) is 11.8. The maximum Gasteiger partial charge on any atom is 0.167 e. The molecule has 104 valence electrons. The Hall–Kier alpha value is -2.12. The van der Waals surface area contributed by atoms with Crippen LogP contribution in [-0.2, 0) is 6.42 Å². The quantitative estimate of drug-likeness (QED) is 0.605. The Labute approximate surface area is 129 Å². The van der Waals surface area contributed by atoms with Gasteiger partial charge in [0.1, 0.15) is 0 Å². The average molecular weight is 295 g/mol. The molecule has 1 nitrogen and oxygen atoms in total. The molecule has 0 amide bonds. The van der Waals surface area contributed by atoms with Gasteiger partial charge in [-0.05, 0) is 41.0 Å². The van der Waals surface area contributed by atoms with Crippen molar-refractivity contribution in [1.29, 1.82) is 0 Å². The molecule has 0 saturated carbocycles. The topological polar surface area (TPSA) is 17.1 Å². The van der Waals surface area contributed by atoms with Crippen molar-refractivity contribution < 1.29 is 4.79 Å². The van der Waals surface area contributed by atoms with Crippen molar-refractivity contribution in [2.75, 3.05) is 0 Å². The van der Waals surface area contributed by atoms with E-state index < -0.39 is 0 Å². The highest BCUT2D eigenvalue weighted by atomic mass is 35.5. The van der Waals surface area contributed by atoms with Gasteiger partial charge in [-0.15, -0.1) is 0 Å². The number of ketones is 1. The third-order valence-electron chi connectivity index (χ3n) is 3.70. The second-order valence-electron chi connectivity index (χ2n) is 5.21. The molecule has 3 aromatic rings. The van der Waals surface area contributed by atoms with Crippen LogP contribution in [0.4, 0.5) is 0 Å². The van der Waals surface area contributed by atoms with Gasteiger partial charge in [-0.1, -0.05) is 60.1 Å². The highest BCUT2D eigenvalue weighted by Gasteiger charge is 2.12. The molecule has 3 rings (SSSR count). The Bertz CT molecular complexity index is 821. The van der Waals surface area contributed by atoms with Crippen molar-refractivity contribution in [1.82, 2.24) is 0 Å². The molecular formula is C19H15ClO. The number of carbonyl (C=O) groups is 1. The van der Waals surface area contributed by atoms with E-state index in [9.17, 15) is 4.79 Å². The van der Waals surface area contributed by atoms with Crippen LogP contribution in [0.1, 0.15) is 21.5 Å². The van der Waals surface area contributed by atoms with E-state index in [-0.39, 0.29) is 5.78 Å². The number of Topliss-reactive ketones (excluding diaryl/α,β-unsaturated/α-hetero) is 1. The number of carbonyl (C=O) groups excluding carboxylic acids is 1. The van der Waals surface area contributed by atoms with Gasteiger partial charge in [-0.3, -0.25) is 4.79 Å². The summed E-state index contributed by atoms with van der Waals surface area (Å²) in [6.07, 6.45) is 0.369. The Balaban J connectivity index is 2.01. The molecule has 0 radical (unpaired) electrons. The number of hydrogen-bond acceptors (Lipinski definition) is 1. The molecule has 0 aliphatic rings. The monoisotopic (exact) mass is 294 g/mol.